The van der Waals surface area contributed by atoms with Gasteiger partial charge in [-0.1, -0.05) is 18.5 Å². The summed E-state index contributed by atoms with van der Waals surface area (Å²) in [5.41, 5.74) is 0.951. The highest BCUT2D eigenvalue weighted by molar-refractivity contribution is 6.31. The van der Waals surface area contributed by atoms with Gasteiger partial charge in [0.15, 0.2) is 0 Å². The maximum Gasteiger partial charge on any atom is 0.129 e. The first-order chi connectivity index (χ1) is 10.1. The van der Waals surface area contributed by atoms with E-state index < -0.39 is 0 Å². The molecule has 1 aliphatic rings. The molecule has 0 amide bonds. The molecule has 21 heavy (non-hydrogen) atoms. The Hall–Kier alpha value is -0.840. The Balaban J connectivity index is 2.13. The fourth-order valence-electron chi connectivity index (χ4n) is 2.85. The molecule has 5 heteroatoms. The van der Waals surface area contributed by atoms with Crippen LogP contribution in [0.15, 0.2) is 12.1 Å². The molecule has 0 aromatic carbocycles. The van der Waals surface area contributed by atoms with E-state index in [1.807, 2.05) is 12.1 Å². The standard InChI is InChI=1S/C16H27ClN4/c1-4-8-18-11-15-14(17)6-7-16(19-15)21-10-5-9-20(3)12-13(21)2/h6-7,13,18H,4-5,8-12H2,1-3H3. The van der Waals surface area contributed by atoms with E-state index in [1.54, 1.807) is 0 Å². The molecule has 4 nitrogen and oxygen atoms in total. The number of hydrogen-bond donors (Lipinski definition) is 1. The fraction of sp³-hybridized carbons (Fsp3) is 0.688. The molecule has 1 unspecified atom stereocenters. The molecule has 0 saturated carbocycles. The summed E-state index contributed by atoms with van der Waals surface area (Å²) in [6.07, 6.45) is 2.29. The van der Waals surface area contributed by atoms with Gasteiger partial charge in [-0.2, -0.15) is 0 Å². The van der Waals surface area contributed by atoms with Gasteiger partial charge in [0.05, 0.1) is 10.7 Å². The van der Waals surface area contributed by atoms with Crippen LogP contribution in [0.1, 0.15) is 32.4 Å². The molecule has 0 spiro atoms. The summed E-state index contributed by atoms with van der Waals surface area (Å²) >= 11 is 6.28. The maximum atomic E-state index is 6.28. The lowest BCUT2D eigenvalue weighted by atomic mass is 10.2. The van der Waals surface area contributed by atoms with E-state index >= 15 is 0 Å². The summed E-state index contributed by atoms with van der Waals surface area (Å²) in [4.78, 5) is 9.60. The SMILES string of the molecule is CCCNCc1nc(N2CCCN(C)CC2C)ccc1Cl. The van der Waals surface area contributed by atoms with Crippen molar-refractivity contribution in [3.8, 4) is 0 Å². The highest BCUT2D eigenvalue weighted by Gasteiger charge is 2.21. The van der Waals surface area contributed by atoms with Gasteiger partial charge in [-0.3, -0.25) is 0 Å². The van der Waals surface area contributed by atoms with E-state index in [2.05, 4.69) is 36.0 Å². The van der Waals surface area contributed by atoms with Gasteiger partial charge in [-0.05, 0) is 52.0 Å². The average molecular weight is 311 g/mol. The third-order valence-electron chi connectivity index (χ3n) is 3.96. The topological polar surface area (TPSA) is 31.4 Å². The van der Waals surface area contributed by atoms with Crippen molar-refractivity contribution in [3.63, 3.8) is 0 Å². The van der Waals surface area contributed by atoms with Crippen molar-refractivity contribution in [3.05, 3.63) is 22.8 Å². The minimum absolute atomic E-state index is 0.475. The molecule has 1 aliphatic heterocycles. The van der Waals surface area contributed by atoms with Gasteiger partial charge in [-0.15, -0.1) is 0 Å². The van der Waals surface area contributed by atoms with Gasteiger partial charge in [0.2, 0.25) is 0 Å². The molecule has 0 bridgehead atoms. The molecule has 1 aromatic rings. The molecule has 0 radical (unpaired) electrons. The Labute approximate surface area is 133 Å². The molecule has 2 heterocycles. The van der Waals surface area contributed by atoms with Gasteiger partial charge in [0.1, 0.15) is 5.82 Å². The lowest BCUT2D eigenvalue weighted by Crippen LogP contribution is -2.38. The highest BCUT2D eigenvalue weighted by atomic mass is 35.5. The van der Waals surface area contributed by atoms with Gasteiger partial charge in [0.25, 0.3) is 0 Å². The minimum atomic E-state index is 0.475. The summed E-state index contributed by atoms with van der Waals surface area (Å²) in [5.74, 6) is 1.05. The van der Waals surface area contributed by atoms with Crippen LogP contribution in [0.3, 0.4) is 0 Å². The summed E-state index contributed by atoms with van der Waals surface area (Å²) in [7, 11) is 2.19. The summed E-state index contributed by atoms with van der Waals surface area (Å²) < 4.78 is 0. The largest absolute Gasteiger partial charge is 0.353 e. The van der Waals surface area contributed by atoms with Crippen LogP contribution in [0.5, 0.6) is 0 Å². The van der Waals surface area contributed by atoms with Gasteiger partial charge in [-0.25, -0.2) is 4.98 Å². The number of halogens is 1. The van der Waals surface area contributed by atoms with Gasteiger partial charge in [0, 0.05) is 25.7 Å². The molecule has 2 rings (SSSR count). The van der Waals surface area contributed by atoms with Crippen molar-refractivity contribution in [2.75, 3.05) is 38.1 Å². The summed E-state index contributed by atoms with van der Waals surface area (Å²) in [6, 6.07) is 4.50. The molecular weight excluding hydrogens is 284 g/mol. The number of rotatable bonds is 5. The van der Waals surface area contributed by atoms with Crippen molar-refractivity contribution < 1.29 is 0 Å². The molecule has 1 fully saturated rings. The maximum absolute atomic E-state index is 6.28. The number of likely N-dealkylation sites (N-methyl/N-ethyl adjacent to an activating group) is 1. The van der Waals surface area contributed by atoms with Crippen LogP contribution in [-0.4, -0.2) is 49.2 Å². The number of anilines is 1. The number of nitrogens with zero attached hydrogens (tertiary/aromatic N) is 3. The first-order valence-corrected chi connectivity index (χ1v) is 8.31. The third kappa shape index (κ3) is 4.56. The number of aromatic nitrogens is 1. The fourth-order valence-corrected chi connectivity index (χ4v) is 3.03. The van der Waals surface area contributed by atoms with Crippen molar-refractivity contribution in [1.82, 2.24) is 15.2 Å². The monoisotopic (exact) mass is 310 g/mol. The van der Waals surface area contributed by atoms with Crippen molar-refractivity contribution >= 4 is 17.4 Å². The first kappa shape index (κ1) is 16.5. The van der Waals surface area contributed by atoms with E-state index in [-0.39, 0.29) is 0 Å². The summed E-state index contributed by atoms with van der Waals surface area (Å²) in [6.45, 7) is 9.45. The molecule has 0 aliphatic carbocycles. The van der Waals surface area contributed by atoms with Gasteiger partial charge < -0.3 is 15.1 Å². The molecular formula is C16H27ClN4. The van der Waals surface area contributed by atoms with Gasteiger partial charge >= 0.3 is 0 Å². The smallest absolute Gasteiger partial charge is 0.129 e. The third-order valence-corrected chi connectivity index (χ3v) is 4.31. The quantitative estimate of drug-likeness (QED) is 0.847. The number of hydrogen-bond acceptors (Lipinski definition) is 4. The average Bonchev–Trinajstić information content (AvgIpc) is 2.62. The zero-order valence-electron chi connectivity index (χ0n) is 13.4. The van der Waals surface area contributed by atoms with Crippen LogP contribution in [0, 0.1) is 0 Å². The Morgan fingerprint density at radius 2 is 2.19 bits per heavy atom. The lowest BCUT2D eigenvalue weighted by Gasteiger charge is -2.29. The number of nitrogens with one attached hydrogen (secondary N) is 1. The molecule has 118 valence electrons. The zero-order valence-corrected chi connectivity index (χ0v) is 14.2. The second-order valence-corrected chi connectivity index (χ2v) is 6.34. The van der Waals surface area contributed by atoms with Crippen LogP contribution in [0.2, 0.25) is 5.02 Å². The van der Waals surface area contributed by atoms with Crippen molar-refractivity contribution in [2.45, 2.75) is 39.3 Å². The van der Waals surface area contributed by atoms with Crippen LogP contribution in [-0.2, 0) is 6.54 Å². The van der Waals surface area contributed by atoms with E-state index in [0.717, 1.165) is 55.7 Å². The van der Waals surface area contributed by atoms with Crippen molar-refractivity contribution in [1.29, 1.82) is 0 Å². The summed E-state index contributed by atoms with van der Waals surface area (Å²) in [5, 5.41) is 4.13. The van der Waals surface area contributed by atoms with Crippen LogP contribution in [0.25, 0.3) is 0 Å². The van der Waals surface area contributed by atoms with Crippen LogP contribution < -0.4 is 10.2 Å². The second kappa shape index (κ2) is 7.97. The predicted octanol–water partition coefficient (Wildman–Crippen LogP) is 2.77. The van der Waals surface area contributed by atoms with Crippen LogP contribution in [0.4, 0.5) is 5.82 Å². The molecule has 1 N–H and O–H groups in total. The normalized spacial score (nSPS) is 20.6. The predicted molar refractivity (Wildman–Crippen MR) is 90.2 cm³/mol. The van der Waals surface area contributed by atoms with Crippen LogP contribution >= 0.6 is 11.6 Å². The highest BCUT2D eigenvalue weighted by Crippen LogP contribution is 2.22. The first-order valence-electron chi connectivity index (χ1n) is 7.93. The lowest BCUT2D eigenvalue weighted by molar-refractivity contribution is 0.337. The molecule has 1 saturated heterocycles. The Kier molecular flexibility index (Phi) is 6.27. The minimum Gasteiger partial charge on any atom is -0.353 e. The second-order valence-electron chi connectivity index (χ2n) is 5.93. The number of pyridine rings is 1. The Morgan fingerprint density at radius 1 is 1.38 bits per heavy atom. The van der Waals surface area contributed by atoms with Crippen molar-refractivity contribution in [2.24, 2.45) is 0 Å². The molecule has 1 aromatic heterocycles. The zero-order chi connectivity index (χ0) is 15.2. The van der Waals surface area contributed by atoms with E-state index in [9.17, 15) is 0 Å². The Morgan fingerprint density at radius 3 is 2.95 bits per heavy atom. The van der Waals surface area contributed by atoms with E-state index in [1.165, 1.54) is 6.42 Å². The molecule has 1 atom stereocenters. The van der Waals surface area contributed by atoms with E-state index in [0.29, 0.717) is 6.04 Å². The Bertz CT molecular complexity index is 452. The van der Waals surface area contributed by atoms with E-state index in [4.69, 9.17) is 16.6 Å².